The molecule has 0 saturated heterocycles. The first-order chi connectivity index (χ1) is 12.1. The van der Waals surface area contributed by atoms with Crippen LogP contribution >= 0.6 is 36.4 Å². The molecule has 0 bridgehead atoms. The highest BCUT2D eigenvalue weighted by molar-refractivity contribution is 6.30. The van der Waals surface area contributed by atoms with Gasteiger partial charge in [-0.2, -0.15) is 0 Å². The van der Waals surface area contributed by atoms with E-state index in [2.05, 4.69) is 30.4 Å². The summed E-state index contributed by atoms with van der Waals surface area (Å²) < 4.78 is 11.7. The van der Waals surface area contributed by atoms with Crippen LogP contribution in [-0.2, 0) is 13.2 Å². The van der Waals surface area contributed by atoms with Gasteiger partial charge in [-0.25, -0.2) is 0 Å². The van der Waals surface area contributed by atoms with Crippen molar-refractivity contribution in [3.63, 3.8) is 0 Å². The molecule has 0 heterocycles. The van der Waals surface area contributed by atoms with Gasteiger partial charge in [-0.3, -0.25) is 0 Å². The Bertz CT molecular complexity index is 652. The average molecular weight is 436 g/mol. The van der Waals surface area contributed by atoms with E-state index in [4.69, 9.17) is 21.1 Å². The lowest BCUT2D eigenvalue weighted by molar-refractivity contribution is 0.269. The van der Waals surface area contributed by atoms with Crippen LogP contribution in [0.5, 0.6) is 11.5 Å². The molecule has 0 radical (unpaired) electrons. The standard InChI is InChI=1S/C20H27ClN2O2.2ClH/c1-4-24-20-13-17(14-22-11-12-23(2)3)7-10-19(20)25-15-16-5-8-18(21)9-6-16;;/h5-10,13,22H,4,11-12,14-15H2,1-3H3;2*1H. The molecule has 0 aliphatic carbocycles. The highest BCUT2D eigenvalue weighted by Gasteiger charge is 2.07. The molecular formula is C20H29Cl3N2O2. The first-order valence-electron chi connectivity index (χ1n) is 8.57. The second kappa shape index (κ2) is 13.9. The third kappa shape index (κ3) is 9.54. The normalized spacial score (nSPS) is 10.1. The molecule has 0 aromatic heterocycles. The van der Waals surface area contributed by atoms with Gasteiger partial charge in [0.1, 0.15) is 6.61 Å². The van der Waals surface area contributed by atoms with Gasteiger partial charge in [0.2, 0.25) is 0 Å². The van der Waals surface area contributed by atoms with Crippen LogP contribution in [0.1, 0.15) is 18.1 Å². The smallest absolute Gasteiger partial charge is 0.161 e. The van der Waals surface area contributed by atoms with Crippen molar-refractivity contribution < 1.29 is 9.47 Å². The van der Waals surface area contributed by atoms with Gasteiger partial charge in [-0.05, 0) is 56.4 Å². The molecular weight excluding hydrogens is 407 g/mol. The number of ether oxygens (including phenoxy) is 2. The maximum Gasteiger partial charge on any atom is 0.161 e. The van der Waals surface area contributed by atoms with Crippen molar-refractivity contribution in [2.45, 2.75) is 20.1 Å². The van der Waals surface area contributed by atoms with Gasteiger partial charge in [-0.1, -0.05) is 29.8 Å². The van der Waals surface area contributed by atoms with E-state index >= 15 is 0 Å². The van der Waals surface area contributed by atoms with Crippen molar-refractivity contribution in [3.05, 3.63) is 58.6 Å². The number of likely N-dealkylation sites (N-methyl/N-ethyl adjacent to an activating group) is 1. The Hall–Kier alpha value is -1.17. The number of benzene rings is 2. The number of halogens is 3. The number of hydrogen-bond donors (Lipinski definition) is 1. The lowest BCUT2D eigenvalue weighted by Gasteiger charge is -2.14. The van der Waals surface area contributed by atoms with Gasteiger partial charge in [0.25, 0.3) is 0 Å². The number of rotatable bonds is 10. The van der Waals surface area contributed by atoms with Crippen LogP contribution in [0.15, 0.2) is 42.5 Å². The summed E-state index contributed by atoms with van der Waals surface area (Å²) in [6.07, 6.45) is 0. The topological polar surface area (TPSA) is 33.7 Å². The van der Waals surface area contributed by atoms with E-state index in [-0.39, 0.29) is 24.8 Å². The molecule has 0 aliphatic heterocycles. The van der Waals surface area contributed by atoms with Gasteiger partial charge < -0.3 is 19.7 Å². The van der Waals surface area contributed by atoms with Crippen LogP contribution in [0, 0.1) is 0 Å². The Morgan fingerprint density at radius 3 is 2.22 bits per heavy atom. The molecule has 0 spiro atoms. The van der Waals surface area contributed by atoms with Crippen molar-refractivity contribution in [3.8, 4) is 11.5 Å². The van der Waals surface area contributed by atoms with E-state index in [9.17, 15) is 0 Å². The summed E-state index contributed by atoms with van der Waals surface area (Å²) in [6, 6.07) is 13.8. The minimum absolute atomic E-state index is 0. The number of hydrogen-bond acceptors (Lipinski definition) is 4. The molecule has 0 amide bonds. The number of nitrogens with one attached hydrogen (secondary N) is 1. The maximum atomic E-state index is 5.93. The minimum atomic E-state index is 0. The maximum absolute atomic E-state index is 5.93. The third-order valence-electron chi connectivity index (χ3n) is 3.68. The Labute approximate surface area is 180 Å². The molecule has 7 heteroatoms. The van der Waals surface area contributed by atoms with E-state index < -0.39 is 0 Å². The fourth-order valence-corrected chi connectivity index (χ4v) is 2.45. The van der Waals surface area contributed by atoms with Crippen LogP contribution < -0.4 is 14.8 Å². The Balaban J connectivity index is 0.00000338. The van der Waals surface area contributed by atoms with Gasteiger partial charge in [0, 0.05) is 24.7 Å². The van der Waals surface area contributed by atoms with E-state index in [0.717, 1.165) is 41.7 Å². The largest absolute Gasteiger partial charge is 0.490 e. The zero-order valence-corrected chi connectivity index (χ0v) is 18.4. The monoisotopic (exact) mass is 434 g/mol. The molecule has 1 N–H and O–H groups in total. The van der Waals surface area contributed by atoms with Crippen LogP contribution in [0.4, 0.5) is 0 Å². The molecule has 2 aromatic rings. The third-order valence-corrected chi connectivity index (χ3v) is 3.93. The molecule has 0 unspecified atom stereocenters. The fourth-order valence-electron chi connectivity index (χ4n) is 2.33. The van der Waals surface area contributed by atoms with E-state index in [1.54, 1.807) is 0 Å². The Morgan fingerprint density at radius 1 is 0.926 bits per heavy atom. The summed E-state index contributed by atoms with van der Waals surface area (Å²) >= 11 is 5.91. The minimum Gasteiger partial charge on any atom is -0.490 e. The second-order valence-corrected chi connectivity index (χ2v) is 6.55. The molecule has 2 rings (SSSR count). The molecule has 152 valence electrons. The molecule has 27 heavy (non-hydrogen) atoms. The molecule has 2 aromatic carbocycles. The summed E-state index contributed by atoms with van der Waals surface area (Å²) in [6.45, 7) is 5.84. The second-order valence-electron chi connectivity index (χ2n) is 6.11. The summed E-state index contributed by atoms with van der Waals surface area (Å²) in [5.41, 5.74) is 2.25. The van der Waals surface area contributed by atoms with Gasteiger partial charge in [0.15, 0.2) is 11.5 Å². The van der Waals surface area contributed by atoms with Gasteiger partial charge in [0.05, 0.1) is 6.61 Å². The van der Waals surface area contributed by atoms with E-state index in [1.807, 2.05) is 43.3 Å². The first kappa shape index (κ1) is 25.8. The molecule has 0 fully saturated rings. The SMILES string of the molecule is CCOc1cc(CNCCN(C)C)ccc1OCc1ccc(Cl)cc1.Cl.Cl. The Morgan fingerprint density at radius 2 is 1.59 bits per heavy atom. The van der Waals surface area contributed by atoms with Crippen LogP contribution in [0.3, 0.4) is 0 Å². The highest BCUT2D eigenvalue weighted by atomic mass is 35.5. The highest BCUT2D eigenvalue weighted by Crippen LogP contribution is 2.29. The predicted octanol–water partition coefficient (Wildman–Crippen LogP) is 4.81. The lowest BCUT2D eigenvalue weighted by Crippen LogP contribution is -2.26. The molecule has 4 nitrogen and oxygen atoms in total. The summed E-state index contributed by atoms with van der Waals surface area (Å²) in [5, 5.41) is 4.16. The van der Waals surface area contributed by atoms with Gasteiger partial charge in [-0.15, -0.1) is 24.8 Å². The van der Waals surface area contributed by atoms with E-state index in [0.29, 0.717) is 13.2 Å². The van der Waals surface area contributed by atoms with Crippen molar-refractivity contribution >= 4 is 36.4 Å². The predicted molar refractivity (Wildman–Crippen MR) is 118 cm³/mol. The molecule has 0 saturated carbocycles. The zero-order valence-electron chi connectivity index (χ0n) is 16.0. The molecule has 0 aliphatic rings. The zero-order chi connectivity index (χ0) is 18.1. The summed E-state index contributed by atoms with van der Waals surface area (Å²) in [7, 11) is 4.14. The summed E-state index contributed by atoms with van der Waals surface area (Å²) in [4.78, 5) is 2.16. The average Bonchev–Trinajstić information content (AvgIpc) is 2.59. The van der Waals surface area contributed by atoms with Crippen molar-refractivity contribution in [1.29, 1.82) is 0 Å². The quantitative estimate of drug-likeness (QED) is 0.543. The van der Waals surface area contributed by atoms with Gasteiger partial charge >= 0.3 is 0 Å². The first-order valence-corrected chi connectivity index (χ1v) is 8.94. The van der Waals surface area contributed by atoms with Crippen LogP contribution in [0.2, 0.25) is 5.02 Å². The number of nitrogens with zero attached hydrogens (tertiary/aromatic N) is 1. The fraction of sp³-hybridized carbons (Fsp3) is 0.400. The molecule has 0 atom stereocenters. The van der Waals surface area contributed by atoms with Crippen molar-refractivity contribution in [2.75, 3.05) is 33.8 Å². The van der Waals surface area contributed by atoms with E-state index in [1.165, 1.54) is 5.56 Å². The lowest BCUT2D eigenvalue weighted by atomic mass is 10.2. The summed E-state index contributed by atoms with van der Waals surface area (Å²) in [5.74, 6) is 1.54. The van der Waals surface area contributed by atoms with Crippen LogP contribution in [-0.4, -0.2) is 38.7 Å². The van der Waals surface area contributed by atoms with Crippen molar-refractivity contribution in [2.24, 2.45) is 0 Å². The Kier molecular flexibility index (Phi) is 13.3. The van der Waals surface area contributed by atoms with Crippen LogP contribution in [0.25, 0.3) is 0 Å². The van der Waals surface area contributed by atoms with Crippen molar-refractivity contribution in [1.82, 2.24) is 10.2 Å².